The smallest absolute Gasteiger partial charge is 0.251 e. The number of carbonyl (C=O) groups excluding carboxylic acids is 1. The minimum atomic E-state index is -0.460. The standard InChI is InChI=1S/C46H57FN6O4/c1-6-18-44(3,4)57-23-21-45(5,7-2)51-43(54)34-13-14-39-40(25-34)53(27-36-17-22-55-36)41(49-39)28-52-30-46(31-52)19-15-33(16-20-46)38-9-8-10-42(50-38)56-29-35-12-11-32(26-48)24-37(35)47/h8-15,24-25,36H,6-7,16-23,27-31H2,1-5H3,(H,51,54)/t36-,45?/m0/s1. The highest BCUT2D eigenvalue weighted by atomic mass is 19.1. The number of nitriles is 1. The molecule has 2 atom stereocenters. The summed E-state index contributed by atoms with van der Waals surface area (Å²) in [4.78, 5) is 26.1. The van der Waals surface area contributed by atoms with Gasteiger partial charge in [-0.15, -0.1) is 0 Å². The highest BCUT2D eigenvalue weighted by molar-refractivity contribution is 5.98. The first-order chi connectivity index (χ1) is 27.4. The van der Waals surface area contributed by atoms with Crippen molar-refractivity contribution in [3.05, 3.63) is 94.7 Å². The second kappa shape index (κ2) is 17.1. The molecule has 0 radical (unpaired) electrons. The van der Waals surface area contributed by atoms with Crippen molar-refractivity contribution < 1.29 is 23.4 Å². The molecule has 1 N–H and O–H groups in total. The maximum absolute atomic E-state index is 14.4. The molecule has 2 fully saturated rings. The number of allylic oxidation sites excluding steroid dienone is 2. The molecule has 1 spiro atoms. The van der Waals surface area contributed by atoms with Crippen LogP contribution in [-0.4, -0.2) is 68.9 Å². The number of ether oxygens (including phenoxy) is 3. The number of nitrogens with one attached hydrogen (secondary N) is 1. The van der Waals surface area contributed by atoms with Gasteiger partial charge in [0.25, 0.3) is 5.91 Å². The zero-order valence-corrected chi connectivity index (χ0v) is 34.2. The molecule has 0 saturated carbocycles. The molecule has 2 saturated heterocycles. The highest BCUT2D eigenvalue weighted by Gasteiger charge is 2.44. The predicted octanol–water partition coefficient (Wildman–Crippen LogP) is 8.76. The van der Waals surface area contributed by atoms with E-state index in [4.69, 9.17) is 29.4 Å². The van der Waals surface area contributed by atoms with Gasteiger partial charge in [0.15, 0.2) is 0 Å². The number of aromatic nitrogens is 3. The van der Waals surface area contributed by atoms with Crippen LogP contribution < -0.4 is 10.1 Å². The fraction of sp³-hybridized carbons (Fsp3) is 0.522. The number of imidazole rings is 1. The number of amides is 1. The summed E-state index contributed by atoms with van der Waals surface area (Å²) in [6.45, 7) is 15.5. The van der Waals surface area contributed by atoms with Crippen LogP contribution in [-0.2, 0) is 29.2 Å². The van der Waals surface area contributed by atoms with Crippen LogP contribution in [0.25, 0.3) is 16.6 Å². The van der Waals surface area contributed by atoms with Crippen molar-refractivity contribution in [1.29, 1.82) is 5.26 Å². The van der Waals surface area contributed by atoms with Crippen LogP contribution >= 0.6 is 0 Å². The van der Waals surface area contributed by atoms with Gasteiger partial charge in [-0.25, -0.2) is 14.4 Å². The van der Waals surface area contributed by atoms with Gasteiger partial charge in [-0.05, 0) is 113 Å². The minimum Gasteiger partial charge on any atom is -0.473 e. The second-order valence-electron chi connectivity index (χ2n) is 17.2. The molecule has 1 aliphatic carbocycles. The van der Waals surface area contributed by atoms with E-state index < -0.39 is 5.82 Å². The Kier molecular flexibility index (Phi) is 12.1. The van der Waals surface area contributed by atoms with Crippen LogP contribution in [0, 0.1) is 22.6 Å². The van der Waals surface area contributed by atoms with Gasteiger partial charge in [-0.3, -0.25) is 9.69 Å². The van der Waals surface area contributed by atoms with Gasteiger partial charge in [0, 0.05) is 49.0 Å². The van der Waals surface area contributed by atoms with Crippen LogP contribution in [0.15, 0.2) is 60.7 Å². The molecular formula is C46H57FN6O4. The van der Waals surface area contributed by atoms with Crippen molar-refractivity contribution in [3.8, 4) is 11.9 Å². The van der Waals surface area contributed by atoms with Crippen molar-refractivity contribution in [2.24, 2.45) is 5.41 Å². The fourth-order valence-electron chi connectivity index (χ4n) is 8.41. The summed E-state index contributed by atoms with van der Waals surface area (Å²) in [5.41, 5.74) is 4.93. The van der Waals surface area contributed by atoms with Crippen molar-refractivity contribution in [1.82, 2.24) is 24.8 Å². The molecule has 7 rings (SSSR count). The normalized spacial score (nSPS) is 19.0. The summed E-state index contributed by atoms with van der Waals surface area (Å²) in [5.74, 6) is 0.914. The molecule has 302 valence electrons. The van der Waals surface area contributed by atoms with Gasteiger partial charge in [0.1, 0.15) is 18.2 Å². The molecule has 4 heterocycles. The summed E-state index contributed by atoms with van der Waals surface area (Å²) in [5, 5.41) is 12.3. The molecule has 10 nitrogen and oxygen atoms in total. The number of benzene rings is 2. The number of fused-ring (bicyclic) bond motifs is 1. The largest absolute Gasteiger partial charge is 0.473 e. The third-order valence-corrected chi connectivity index (χ3v) is 12.3. The summed E-state index contributed by atoms with van der Waals surface area (Å²) >= 11 is 0. The van der Waals surface area contributed by atoms with Crippen molar-refractivity contribution in [2.45, 2.75) is 123 Å². The van der Waals surface area contributed by atoms with Crippen LogP contribution in [0.4, 0.5) is 4.39 Å². The van der Waals surface area contributed by atoms with E-state index in [0.29, 0.717) is 23.6 Å². The van der Waals surface area contributed by atoms with Gasteiger partial charge >= 0.3 is 0 Å². The van der Waals surface area contributed by atoms with E-state index >= 15 is 0 Å². The van der Waals surface area contributed by atoms with Crippen LogP contribution in [0.3, 0.4) is 0 Å². The van der Waals surface area contributed by atoms with Crippen molar-refractivity contribution >= 4 is 22.5 Å². The quantitative estimate of drug-likeness (QED) is 0.113. The first-order valence-electron chi connectivity index (χ1n) is 20.7. The average molecular weight is 777 g/mol. The Morgan fingerprint density at radius 1 is 1.11 bits per heavy atom. The molecule has 2 aromatic carbocycles. The lowest BCUT2D eigenvalue weighted by Crippen LogP contribution is -2.56. The zero-order valence-electron chi connectivity index (χ0n) is 34.2. The van der Waals surface area contributed by atoms with Gasteiger partial charge < -0.3 is 24.1 Å². The van der Waals surface area contributed by atoms with Gasteiger partial charge in [0.05, 0.1) is 53.2 Å². The average Bonchev–Trinajstić information content (AvgIpc) is 3.51. The third kappa shape index (κ3) is 9.57. The van der Waals surface area contributed by atoms with E-state index in [1.165, 1.54) is 11.6 Å². The maximum Gasteiger partial charge on any atom is 0.251 e. The van der Waals surface area contributed by atoms with Gasteiger partial charge in [-0.2, -0.15) is 5.26 Å². The van der Waals surface area contributed by atoms with Gasteiger partial charge in [-0.1, -0.05) is 38.5 Å². The number of carbonyl (C=O) groups is 1. The van der Waals surface area contributed by atoms with Crippen molar-refractivity contribution in [2.75, 3.05) is 26.3 Å². The molecular weight excluding hydrogens is 720 g/mol. The third-order valence-electron chi connectivity index (χ3n) is 12.3. The molecule has 2 aromatic heterocycles. The number of rotatable bonds is 17. The summed E-state index contributed by atoms with van der Waals surface area (Å²) in [6.07, 6.45) is 10.1. The highest BCUT2D eigenvalue weighted by Crippen LogP contribution is 2.45. The van der Waals surface area contributed by atoms with E-state index in [-0.39, 0.29) is 40.7 Å². The molecule has 57 heavy (non-hydrogen) atoms. The second-order valence-corrected chi connectivity index (χ2v) is 17.2. The number of likely N-dealkylation sites (tertiary alicyclic amines) is 1. The number of nitrogens with zero attached hydrogens (tertiary/aromatic N) is 5. The lowest BCUT2D eigenvalue weighted by atomic mass is 9.69. The van der Waals surface area contributed by atoms with Crippen LogP contribution in [0.1, 0.15) is 119 Å². The summed E-state index contributed by atoms with van der Waals surface area (Å²) in [6, 6.07) is 17.9. The lowest BCUT2D eigenvalue weighted by molar-refractivity contribution is -0.0600. The molecule has 0 bridgehead atoms. The Morgan fingerprint density at radius 3 is 2.61 bits per heavy atom. The van der Waals surface area contributed by atoms with E-state index in [0.717, 1.165) is 107 Å². The van der Waals surface area contributed by atoms with E-state index in [1.807, 2.05) is 36.4 Å². The lowest BCUT2D eigenvalue weighted by Gasteiger charge is -2.51. The van der Waals surface area contributed by atoms with E-state index in [9.17, 15) is 9.18 Å². The Bertz CT molecular complexity index is 2150. The Balaban J connectivity index is 0.976. The number of hydrogen-bond acceptors (Lipinski definition) is 8. The van der Waals surface area contributed by atoms with Crippen LogP contribution in [0.5, 0.6) is 5.88 Å². The van der Waals surface area contributed by atoms with E-state index in [2.05, 4.69) is 55.5 Å². The molecule has 11 heteroatoms. The number of hydrogen-bond donors (Lipinski definition) is 1. The summed E-state index contributed by atoms with van der Waals surface area (Å²) < 4.78 is 34.6. The number of halogens is 1. The molecule has 2 aliphatic heterocycles. The molecule has 1 unspecified atom stereocenters. The Morgan fingerprint density at radius 2 is 1.93 bits per heavy atom. The molecule has 4 aromatic rings. The molecule has 3 aliphatic rings. The first-order valence-corrected chi connectivity index (χ1v) is 20.7. The van der Waals surface area contributed by atoms with Crippen molar-refractivity contribution in [3.63, 3.8) is 0 Å². The van der Waals surface area contributed by atoms with E-state index in [1.54, 1.807) is 18.2 Å². The topological polar surface area (TPSA) is 115 Å². The van der Waals surface area contributed by atoms with Crippen LogP contribution in [0.2, 0.25) is 0 Å². The summed E-state index contributed by atoms with van der Waals surface area (Å²) in [7, 11) is 0. The minimum absolute atomic E-state index is 0.0384. The Labute approximate surface area is 336 Å². The monoisotopic (exact) mass is 776 g/mol. The molecule has 1 amide bonds. The zero-order chi connectivity index (χ0) is 40.2. The van der Waals surface area contributed by atoms with Gasteiger partial charge in [0.2, 0.25) is 5.88 Å². The fourth-order valence-corrected chi connectivity index (χ4v) is 8.41. The Hall–Kier alpha value is -4.63. The first kappa shape index (κ1) is 40.6. The SMILES string of the molecule is CCCC(C)(C)OCCC(C)(CC)NC(=O)c1ccc2nc(CN3CC4(CC=C(c5cccc(OCc6ccc(C#N)cc6F)n5)CC4)C3)n(C[C@@H]3CCO3)c2c1. The number of pyridine rings is 1. The predicted molar refractivity (Wildman–Crippen MR) is 219 cm³/mol. The maximum atomic E-state index is 14.4.